The van der Waals surface area contributed by atoms with Crippen LogP contribution in [-0.4, -0.2) is 50.4 Å². The number of halogens is 1. The average Bonchev–Trinajstić information content (AvgIpc) is 2.44. The first-order valence-electron chi connectivity index (χ1n) is 7.50. The number of hydrogen-bond donors (Lipinski definition) is 1. The van der Waals surface area contributed by atoms with Crippen molar-refractivity contribution in [2.45, 2.75) is 32.5 Å². The zero-order chi connectivity index (χ0) is 15.2. The fourth-order valence-electron chi connectivity index (χ4n) is 2.31. The molecule has 5 heteroatoms. The number of likely N-dealkylation sites (N-methyl/N-ethyl adjacent to an activating group) is 1. The van der Waals surface area contributed by atoms with E-state index in [1.54, 1.807) is 0 Å². The Bertz CT molecular complexity index is 454. The first-order valence-corrected chi connectivity index (χ1v) is 7.87. The maximum atomic E-state index is 6.29. The Hall–Kier alpha value is -0.810. The quantitative estimate of drug-likeness (QED) is 0.875. The van der Waals surface area contributed by atoms with Gasteiger partial charge in [-0.3, -0.25) is 0 Å². The molecule has 1 aliphatic rings. The maximum Gasteiger partial charge on any atom is 0.142 e. The van der Waals surface area contributed by atoms with Gasteiger partial charge in [0.15, 0.2) is 0 Å². The topological polar surface area (TPSA) is 33.7 Å². The van der Waals surface area contributed by atoms with Gasteiger partial charge in [-0.2, -0.15) is 0 Å². The molecule has 0 saturated carbocycles. The molecule has 1 aromatic carbocycles. The molecule has 1 aromatic rings. The van der Waals surface area contributed by atoms with E-state index < -0.39 is 0 Å². The summed E-state index contributed by atoms with van der Waals surface area (Å²) < 4.78 is 11.7. The van der Waals surface area contributed by atoms with Crippen LogP contribution in [0.4, 0.5) is 0 Å². The van der Waals surface area contributed by atoms with E-state index in [0.717, 1.165) is 37.6 Å². The van der Waals surface area contributed by atoms with Gasteiger partial charge in [0.05, 0.1) is 11.6 Å². The van der Waals surface area contributed by atoms with E-state index in [-0.39, 0.29) is 6.10 Å². The molecular weight excluding hydrogens is 288 g/mol. The van der Waals surface area contributed by atoms with Gasteiger partial charge in [0.1, 0.15) is 18.5 Å². The fourth-order valence-corrected chi connectivity index (χ4v) is 2.56. The number of nitrogens with zero attached hydrogens (tertiary/aromatic N) is 1. The normalized spacial score (nSPS) is 20.0. The van der Waals surface area contributed by atoms with Crippen molar-refractivity contribution in [3.05, 3.63) is 28.8 Å². The minimum Gasteiger partial charge on any atom is -0.489 e. The summed E-state index contributed by atoms with van der Waals surface area (Å²) in [4.78, 5) is 2.26. The highest BCUT2D eigenvalue weighted by molar-refractivity contribution is 6.32. The molecule has 1 saturated heterocycles. The van der Waals surface area contributed by atoms with E-state index in [9.17, 15) is 0 Å². The van der Waals surface area contributed by atoms with Gasteiger partial charge in [0, 0.05) is 31.2 Å². The number of ether oxygens (including phenoxy) is 2. The van der Waals surface area contributed by atoms with Gasteiger partial charge in [-0.15, -0.1) is 0 Å². The van der Waals surface area contributed by atoms with Crippen molar-refractivity contribution in [2.24, 2.45) is 0 Å². The molecule has 1 unspecified atom stereocenters. The number of benzene rings is 1. The van der Waals surface area contributed by atoms with Gasteiger partial charge in [-0.1, -0.05) is 37.6 Å². The molecular formula is C16H25ClN2O2. The molecule has 4 nitrogen and oxygen atoms in total. The smallest absolute Gasteiger partial charge is 0.142 e. The predicted molar refractivity (Wildman–Crippen MR) is 86.2 cm³/mol. The molecule has 0 spiro atoms. The zero-order valence-corrected chi connectivity index (χ0v) is 13.8. The van der Waals surface area contributed by atoms with Crippen LogP contribution in [0.5, 0.6) is 5.75 Å². The maximum absolute atomic E-state index is 6.29. The van der Waals surface area contributed by atoms with Crippen molar-refractivity contribution < 1.29 is 9.47 Å². The van der Waals surface area contributed by atoms with Crippen LogP contribution in [0.1, 0.15) is 19.4 Å². The second-order valence-electron chi connectivity index (χ2n) is 5.83. The number of morpholine rings is 1. The van der Waals surface area contributed by atoms with Crippen molar-refractivity contribution in [3.8, 4) is 5.75 Å². The number of para-hydroxylation sites is 1. The number of rotatable bonds is 6. The summed E-state index contributed by atoms with van der Waals surface area (Å²) in [5, 5.41) is 4.05. The summed E-state index contributed by atoms with van der Waals surface area (Å²) in [7, 11) is 2.10. The standard InChI is InChI=1S/C16H25ClN2O2/c1-12(2)18-9-13-5-4-6-15(17)16(13)21-11-14-10-19(3)7-8-20-14/h4-6,12,14,18H,7-11H2,1-3H3. The lowest BCUT2D eigenvalue weighted by Gasteiger charge is -2.30. The third-order valence-corrected chi connectivity index (χ3v) is 3.80. The van der Waals surface area contributed by atoms with E-state index in [1.807, 2.05) is 18.2 Å². The molecule has 1 atom stereocenters. The highest BCUT2D eigenvalue weighted by Crippen LogP contribution is 2.29. The fraction of sp³-hybridized carbons (Fsp3) is 0.625. The number of nitrogens with one attached hydrogen (secondary N) is 1. The monoisotopic (exact) mass is 312 g/mol. The Morgan fingerprint density at radius 1 is 1.48 bits per heavy atom. The molecule has 2 rings (SSSR count). The molecule has 118 valence electrons. The number of hydrogen-bond acceptors (Lipinski definition) is 4. The predicted octanol–water partition coefficient (Wildman–Crippen LogP) is 2.55. The van der Waals surface area contributed by atoms with Crippen LogP contribution in [0.3, 0.4) is 0 Å². The van der Waals surface area contributed by atoms with E-state index in [2.05, 4.69) is 31.1 Å². The van der Waals surface area contributed by atoms with Crippen LogP contribution in [0.15, 0.2) is 18.2 Å². The lowest BCUT2D eigenvalue weighted by molar-refractivity contribution is -0.0404. The van der Waals surface area contributed by atoms with E-state index in [0.29, 0.717) is 17.7 Å². The SMILES string of the molecule is CC(C)NCc1cccc(Cl)c1OCC1CN(C)CCO1. The summed E-state index contributed by atoms with van der Waals surface area (Å²) in [5.74, 6) is 0.768. The Balaban J connectivity index is 1.97. The molecule has 0 bridgehead atoms. The van der Waals surface area contributed by atoms with E-state index in [4.69, 9.17) is 21.1 Å². The Kier molecular flexibility index (Phi) is 6.30. The van der Waals surface area contributed by atoms with Crippen molar-refractivity contribution >= 4 is 11.6 Å². The van der Waals surface area contributed by atoms with Crippen LogP contribution in [0.25, 0.3) is 0 Å². The first-order chi connectivity index (χ1) is 10.1. The lowest BCUT2D eigenvalue weighted by atomic mass is 10.2. The van der Waals surface area contributed by atoms with Crippen LogP contribution in [0.2, 0.25) is 5.02 Å². The Labute approximate surface area is 132 Å². The zero-order valence-electron chi connectivity index (χ0n) is 13.1. The molecule has 0 radical (unpaired) electrons. The first kappa shape index (κ1) is 16.6. The molecule has 0 aromatic heterocycles. The molecule has 0 aliphatic carbocycles. The summed E-state index contributed by atoms with van der Waals surface area (Å²) in [6, 6.07) is 6.29. The molecule has 1 heterocycles. The van der Waals surface area contributed by atoms with Crippen molar-refractivity contribution in [3.63, 3.8) is 0 Å². The lowest BCUT2D eigenvalue weighted by Crippen LogP contribution is -2.42. The second kappa shape index (κ2) is 7.99. The van der Waals surface area contributed by atoms with Gasteiger partial charge in [0.2, 0.25) is 0 Å². The van der Waals surface area contributed by atoms with E-state index in [1.165, 1.54) is 0 Å². The average molecular weight is 313 g/mol. The highest BCUT2D eigenvalue weighted by Gasteiger charge is 2.19. The van der Waals surface area contributed by atoms with Crippen LogP contribution in [-0.2, 0) is 11.3 Å². The van der Waals surface area contributed by atoms with Crippen LogP contribution in [0, 0.1) is 0 Å². The minimum atomic E-state index is 0.103. The Morgan fingerprint density at radius 2 is 2.29 bits per heavy atom. The highest BCUT2D eigenvalue weighted by atomic mass is 35.5. The van der Waals surface area contributed by atoms with E-state index >= 15 is 0 Å². The van der Waals surface area contributed by atoms with Crippen molar-refractivity contribution in [1.29, 1.82) is 0 Å². The third kappa shape index (κ3) is 5.15. The second-order valence-corrected chi connectivity index (χ2v) is 6.24. The molecule has 0 amide bonds. The summed E-state index contributed by atoms with van der Waals surface area (Å²) in [5.41, 5.74) is 1.08. The van der Waals surface area contributed by atoms with Gasteiger partial charge >= 0.3 is 0 Å². The summed E-state index contributed by atoms with van der Waals surface area (Å²) in [6.07, 6.45) is 0.103. The molecule has 1 N–H and O–H groups in total. The van der Waals surface area contributed by atoms with Gasteiger partial charge in [0.25, 0.3) is 0 Å². The third-order valence-electron chi connectivity index (χ3n) is 3.50. The van der Waals surface area contributed by atoms with Crippen LogP contribution < -0.4 is 10.1 Å². The van der Waals surface area contributed by atoms with Crippen molar-refractivity contribution in [2.75, 3.05) is 33.4 Å². The van der Waals surface area contributed by atoms with Gasteiger partial charge < -0.3 is 19.7 Å². The van der Waals surface area contributed by atoms with Crippen molar-refractivity contribution in [1.82, 2.24) is 10.2 Å². The largest absolute Gasteiger partial charge is 0.489 e. The minimum absolute atomic E-state index is 0.103. The summed E-state index contributed by atoms with van der Waals surface area (Å²) in [6.45, 7) is 8.15. The molecule has 1 fully saturated rings. The molecule has 1 aliphatic heterocycles. The summed E-state index contributed by atoms with van der Waals surface area (Å²) >= 11 is 6.29. The van der Waals surface area contributed by atoms with Crippen LogP contribution >= 0.6 is 11.6 Å². The van der Waals surface area contributed by atoms with Gasteiger partial charge in [-0.25, -0.2) is 0 Å². The van der Waals surface area contributed by atoms with Gasteiger partial charge in [-0.05, 0) is 13.1 Å². The molecule has 21 heavy (non-hydrogen) atoms. The Morgan fingerprint density at radius 3 is 3.00 bits per heavy atom.